The minimum Gasteiger partial charge on any atom is -0.478 e. The fraction of sp³-hybridized carbons (Fsp3) is 0.312. The van der Waals surface area contributed by atoms with Gasteiger partial charge in [-0.05, 0) is 29.7 Å². The van der Waals surface area contributed by atoms with E-state index in [0.717, 1.165) is 0 Å². The van der Waals surface area contributed by atoms with Crippen LogP contribution in [0.2, 0.25) is 0 Å². The van der Waals surface area contributed by atoms with Crippen molar-refractivity contribution in [1.82, 2.24) is 0 Å². The van der Waals surface area contributed by atoms with Crippen molar-refractivity contribution < 1.29 is 13.9 Å². The molecule has 1 aliphatic heterocycles. The molecular formula is C16H16ClFN2O2. The first-order valence-electron chi connectivity index (χ1n) is 6.90. The van der Waals surface area contributed by atoms with Crippen LogP contribution in [0, 0.1) is 11.3 Å². The Morgan fingerprint density at radius 2 is 2.14 bits per heavy atom. The van der Waals surface area contributed by atoms with E-state index in [9.17, 15) is 9.18 Å². The van der Waals surface area contributed by atoms with Gasteiger partial charge in [-0.15, -0.1) is 0 Å². The first-order valence-corrected chi connectivity index (χ1v) is 7.28. The van der Waals surface area contributed by atoms with Gasteiger partial charge in [0.2, 0.25) is 0 Å². The van der Waals surface area contributed by atoms with Gasteiger partial charge in [-0.25, -0.2) is 4.39 Å². The molecule has 6 heteroatoms. The second kappa shape index (κ2) is 5.02. The van der Waals surface area contributed by atoms with Gasteiger partial charge >= 0.3 is 0 Å². The van der Waals surface area contributed by atoms with Crippen LogP contribution < -0.4 is 15.8 Å². The number of hydrogen-bond donors (Lipinski definition) is 2. The number of halogens is 2. The van der Waals surface area contributed by atoms with Crippen molar-refractivity contribution in [3.63, 3.8) is 0 Å². The second-order valence-corrected chi connectivity index (χ2v) is 6.58. The van der Waals surface area contributed by atoms with Crippen molar-refractivity contribution in [1.29, 1.82) is 0 Å². The summed E-state index contributed by atoms with van der Waals surface area (Å²) in [5, 5.41) is 3.05. The number of ether oxygens (including phenoxy) is 1. The molecule has 22 heavy (non-hydrogen) atoms. The lowest BCUT2D eigenvalue weighted by Gasteiger charge is -2.40. The van der Waals surface area contributed by atoms with E-state index in [4.69, 9.17) is 22.1 Å². The molecule has 2 atom stereocenters. The monoisotopic (exact) mass is 322 g/mol. The fourth-order valence-electron chi connectivity index (χ4n) is 2.95. The predicted octanol–water partition coefficient (Wildman–Crippen LogP) is 3.60. The smallest absolute Gasteiger partial charge is 0.266 e. The van der Waals surface area contributed by atoms with Crippen LogP contribution in [0.1, 0.15) is 13.8 Å². The molecule has 0 saturated carbocycles. The molecule has 116 valence electrons. The van der Waals surface area contributed by atoms with Crippen molar-refractivity contribution in [2.75, 3.05) is 11.1 Å². The van der Waals surface area contributed by atoms with Gasteiger partial charge in [0.15, 0.2) is 6.10 Å². The molecule has 0 bridgehead atoms. The Hall–Kier alpha value is -2.01. The van der Waals surface area contributed by atoms with Crippen LogP contribution >= 0.6 is 11.6 Å². The lowest BCUT2D eigenvalue weighted by atomic mass is 9.72. The molecule has 1 aliphatic carbocycles. The maximum Gasteiger partial charge on any atom is 0.266 e. The van der Waals surface area contributed by atoms with Crippen LogP contribution in [0.5, 0.6) is 5.75 Å². The maximum absolute atomic E-state index is 13.6. The number of hydrogen-bond acceptors (Lipinski definition) is 3. The number of amides is 1. The highest BCUT2D eigenvalue weighted by Crippen LogP contribution is 2.46. The quantitative estimate of drug-likeness (QED) is 0.776. The Bertz CT molecular complexity index is 712. The number of benzene rings is 1. The number of anilines is 2. The van der Waals surface area contributed by atoms with Crippen molar-refractivity contribution in [2.45, 2.75) is 20.0 Å². The van der Waals surface area contributed by atoms with Gasteiger partial charge in [-0.1, -0.05) is 25.4 Å². The van der Waals surface area contributed by atoms with Crippen molar-refractivity contribution in [2.24, 2.45) is 11.3 Å². The molecule has 4 nitrogen and oxygen atoms in total. The van der Waals surface area contributed by atoms with Crippen molar-refractivity contribution in [3.8, 4) is 5.75 Å². The number of allylic oxidation sites excluding steroid dienone is 3. The summed E-state index contributed by atoms with van der Waals surface area (Å²) in [7, 11) is 0. The summed E-state index contributed by atoms with van der Waals surface area (Å²) < 4.78 is 19.4. The first kappa shape index (κ1) is 14.9. The highest BCUT2D eigenvalue weighted by Gasteiger charge is 2.45. The van der Waals surface area contributed by atoms with Gasteiger partial charge in [0.25, 0.3) is 5.91 Å². The lowest BCUT2D eigenvalue weighted by Crippen LogP contribution is -2.48. The highest BCUT2D eigenvalue weighted by molar-refractivity contribution is 6.30. The summed E-state index contributed by atoms with van der Waals surface area (Å²) in [5.74, 6) is -0.715. The van der Waals surface area contributed by atoms with Crippen LogP contribution in [0.4, 0.5) is 15.8 Å². The van der Waals surface area contributed by atoms with E-state index in [1.165, 1.54) is 12.2 Å². The molecule has 0 fully saturated rings. The average molecular weight is 323 g/mol. The molecule has 1 aromatic rings. The molecule has 0 aromatic heterocycles. The minimum absolute atomic E-state index is 0.262. The standard InChI is InChI=1S/C16H16ClFN2O2/c1-16(2)7-8(18)5-10(17)13(16)14-15(21)20-11-4-3-9(19)6-12(11)22-14/h3-7,13-14H,19H2,1-2H3,(H,20,21). The Morgan fingerprint density at radius 1 is 1.41 bits per heavy atom. The molecule has 1 aromatic carbocycles. The number of carbonyl (C=O) groups excluding carboxylic acids is 1. The van der Waals surface area contributed by atoms with Crippen LogP contribution in [-0.4, -0.2) is 12.0 Å². The number of carbonyl (C=O) groups is 1. The zero-order valence-electron chi connectivity index (χ0n) is 12.2. The average Bonchev–Trinajstić information content (AvgIpc) is 2.37. The Labute approximate surface area is 132 Å². The van der Waals surface area contributed by atoms with Crippen LogP contribution in [-0.2, 0) is 4.79 Å². The number of nitrogen functional groups attached to an aromatic ring is 1. The Morgan fingerprint density at radius 3 is 2.82 bits per heavy atom. The largest absolute Gasteiger partial charge is 0.478 e. The maximum atomic E-state index is 13.6. The van der Waals surface area contributed by atoms with Gasteiger partial charge in [0.1, 0.15) is 11.6 Å². The molecule has 3 rings (SSSR count). The number of fused-ring (bicyclic) bond motifs is 1. The van der Waals surface area contributed by atoms with Gasteiger partial charge in [0, 0.05) is 22.7 Å². The summed E-state index contributed by atoms with van der Waals surface area (Å²) >= 11 is 6.21. The van der Waals surface area contributed by atoms with Gasteiger partial charge < -0.3 is 15.8 Å². The van der Waals surface area contributed by atoms with Crippen LogP contribution in [0.3, 0.4) is 0 Å². The molecule has 0 radical (unpaired) electrons. The normalized spacial score (nSPS) is 26.3. The Kier molecular flexibility index (Phi) is 3.40. The summed E-state index contributed by atoms with van der Waals surface area (Å²) in [6, 6.07) is 5.01. The predicted molar refractivity (Wildman–Crippen MR) is 84.3 cm³/mol. The molecule has 2 unspecified atom stereocenters. The molecule has 3 N–H and O–H groups in total. The first-order chi connectivity index (χ1) is 10.3. The lowest BCUT2D eigenvalue weighted by molar-refractivity contribution is -0.126. The van der Waals surface area contributed by atoms with Crippen LogP contribution in [0.15, 0.2) is 41.2 Å². The number of nitrogens with two attached hydrogens (primary N) is 1. The molecule has 0 spiro atoms. The molecule has 2 aliphatic rings. The summed E-state index contributed by atoms with van der Waals surface area (Å²) in [4.78, 5) is 12.4. The van der Waals surface area contributed by atoms with E-state index in [1.54, 1.807) is 18.2 Å². The van der Waals surface area contributed by atoms with Crippen molar-refractivity contribution >= 4 is 28.9 Å². The Balaban J connectivity index is 1.99. The zero-order chi connectivity index (χ0) is 16.1. The van der Waals surface area contributed by atoms with E-state index in [-0.39, 0.29) is 10.9 Å². The SMILES string of the molecule is CC1(C)C=C(F)C=C(Cl)C1C1Oc2cc(N)ccc2NC1=O. The fourth-order valence-corrected chi connectivity index (χ4v) is 3.45. The topological polar surface area (TPSA) is 64.3 Å². The van der Waals surface area contributed by atoms with Crippen molar-refractivity contribution in [3.05, 3.63) is 41.2 Å². The minimum atomic E-state index is -0.850. The van der Waals surface area contributed by atoms with Gasteiger partial charge in [-0.2, -0.15) is 0 Å². The molecule has 0 saturated heterocycles. The molecular weight excluding hydrogens is 307 g/mol. The third-order valence-corrected chi connectivity index (χ3v) is 4.31. The van der Waals surface area contributed by atoms with Crippen LogP contribution in [0.25, 0.3) is 0 Å². The van der Waals surface area contributed by atoms with Gasteiger partial charge in [0.05, 0.1) is 5.69 Å². The van der Waals surface area contributed by atoms with E-state index in [0.29, 0.717) is 17.1 Å². The van der Waals surface area contributed by atoms with E-state index in [1.807, 2.05) is 13.8 Å². The second-order valence-electron chi connectivity index (χ2n) is 6.14. The highest BCUT2D eigenvalue weighted by atomic mass is 35.5. The van der Waals surface area contributed by atoms with Gasteiger partial charge in [-0.3, -0.25) is 4.79 Å². The number of rotatable bonds is 1. The summed E-state index contributed by atoms with van der Waals surface area (Å²) in [5.41, 5.74) is 6.19. The van der Waals surface area contributed by atoms with E-state index < -0.39 is 23.3 Å². The zero-order valence-corrected chi connectivity index (χ0v) is 12.9. The third-order valence-electron chi connectivity index (χ3n) is 3.96. The molecule has 1 amide bonds. The third kappa shape index (κ3) is 2.46. The summed E-state index contributed by atoms with van der Waals surface area (Å²) in [6.07, 6.45) is 1.83. The summed E-state index contributed by atoms with van der Waals surface area (Å²) in [6.45, 7) is 3.64. The van der Waals surface area contributed by atoms with E-state index >= 15 is 0 Å². The number of nitrogens with one attached hydrogen (secondary N) is 1. The van der Waals surface area contributed by atoms with E-state index in [2.05, 4.69) is 5.32 Å². The molecule has 1 heterocycles.